The molecule has 0 aliphatic heterocycles. The highest BCUT2D eigenvalue weighted by molar-refractivity contribution is 5.85. The molecule has 0 radical (unpaired) electrons. The van der Waals surface area contributed by atoms with E-state index >= 15 is 0 Å². The number of rotatable bonds is 3. The molecule has 0 N–H and O–H groups in total. The molecule has 0 unspecified atom stereocenters. The van der Waals surface area contributed by atoms with E-state index < -0.39 is 4.92 Å². The minimum atomic E-state index is -0.496. The molecule has 0 saturated carbocycles. The summed E-state index contributed by atoms with van der Waals surface area (Å²) in [7, 11) is 3.19. The van der Waals surface area contributed by atoms with E-state index in [1.54, 1.807) is 14.1 Å². The molecule has 0 aliphatic carbocycles. The first-order chi connectivity index (χ1) is 8.82. The predicted octanol–water partition coefficient (Wildman–Crippen LogP) is 1.57. The van der Waals surface area contributed by atoms with Crippen molar-refractivity contribution >= 4 is 16.7 Å². The van der Waals surface area contributed by atoms with Crippen LogP contribution in [0, 0.1) is 10.1 Å². The number of ether oxygens (including phenoxy) is 1. The summed E-state index contributed by atoms with van der Waals surface area (Å²) in [6.45, 7) is 3.65. The van der Waals surface area contributed by atoms with Crippen LogP contribution in [0.1, 0.15) is 13.8 Å². The monoisotopic (exact) mass is 265 g/mol. The van der Waals surface area contributed by atoms with Gasteiger partial charge in [-0.2, -0.15) is 0 Å². The molecule has 0 fully saturated rings. The number of hydrogen-bond acceptors (Lipinski definition) is 4. The third-order valence-electron chi connectivity index (χ3n) is 2.88. The summed E-state index contributed by atoms with van der Waals surface area (Å²) in [5.74, 6) is 0.347. The van der Waals surface area contributed by atoms with Crippen LogP contribution in [-0.4, -0.2) is 20.2 Å². The molecular weight excluding hydrogens is 250 g/mol. The Morgan fingerprint density at radius 2 is 1.89 bits per heavy atom. The maximum atomic E-state index is 11.9. The zero-order chi connectivity index (χ0) is 14.3. The van der Waals surface area contributed by atoms with Crippen molar-refractivity contribution in [2.75, 3.05) is 0 Å². The van der Waals surface area contributed by atoms with Gasteiger partial charge >= 0.3 is 5.69 Å². The normalized spacial score (nSPS) is 11.2. The molecule has 2 aromatic rings. The van der Waals surface area contributed by atoms with Gasteiger partial charge in [-0.3, -0.25) is 19.2 Å². The standard InChI is InChI=1S/C12H15N3O4/c1-7(2)19-10-6-8(15(17)18)5-9-11(10)14(4)12(16)13(9)3/h5-7H,1-4H3. The van der Waals surface area contributed by atoms with Crippen LogP contribution < -0.4 is 10.4 Å². The van der Waals surface area contributed by atoms with E-state index in [-0.39, 0.29) is 17.5 Å². The first kappa shape index (κ1) is 13.1. The van der Waals surface area contributed by atoms with Crippen LogP contribution in [0.5, 0.6) is 5.75 Å². The van der Waals surface area contributed by atoms with E-state index in [2.05, 4.69) is 0 Å². The molecule has 0 saturated heterocycles. The Balaban J connectivity index is 2.86. The average Bonchev–Trinajstić information content (AvgIpc) is 2.54. The van der Waals surface area contributed by atoms with Crippen molar-refractivity contribution in [1.29, 1.82) is 0 Å². The summed E-state index contributed by atoms with van der Waals surface area (Å²) in [4.78, 5) is 22.4. The number of non-ortho nitro benzene ring substituents is 1. The zero-order valence-electron chi connectivity index (χ0n) is 11.2. The smallest absolute Gasteiger partial charge is 0.328 e. The molecule has 102 valence electrons. The van der Waals surface area contributed by atoms with Crippen LogP contribution in [0.2, 0.25) is 0 Å². The third kappa shape index (κ3) is 2.07. The van der Waals surface area contributed by atoms with Gasteiger partial charge in [0.2, 0.25) is 0 Å². The van der Waals surface area contributed by atoms with Crippen molar-refractivity contribution in [2.24, 2.45) is 14.1 Å². The second-order valence-electron chi connectivity index (χ2n) is 4.64. The summed E-state index contributed by atoms with van der Waals surface area (Å²) in [6, 6.07) is 2.73. The Bertz CT molecular complexity index is 712. The quantitative estimate of drug-likeness (QED) is 0.623. The number of benzene rings is 1. The Morgan fingerprint density at radius 1 is 1.26 bits per heavy atom. The van der Waals surface area contributed by atoms with Gasteiger partial charge in [0.15, 0.2) is 5.75 Å². The van der Waals surface area contributed by atoms with Crippen LogP contribution >= 0.6 is 0 Å². The first-order valence-corrected chi connectivity index (χ1v) is 5.83. The lowest BCUT2D eigenvalue weighted by atomic mass is 10.2. The summed E-state index contributed by atoms with van der Waals surface area (Å²) in [5.41, 5.74) is 0.706. The number of imidazole rings is 1. The van der Waals surface area contributed by atoms with Crippen molar-refractivity contribution in [3.05, 3.63) is 32.7 Å². The molecule has 1 aromatic heterocycles. The molecule has 0 amide bonds. The molecule has 0 atom stereocenters. The molecule has 0 aliphatic rings. The van der Waals surface area contributed by atoms with Gasteiger partial charge in [0.25, 0.3) is 5.69 Å². The highest BCUT2D eigenvalue weighted by Gasteiger charge is 2.19. The van der Waals surface area contributed by atoms with E-state index in [9.17, 15) is 14.9 Å². The van der Waals surface area contributed by atoms with Crippen LogP contribution in [0.15, 0.2) is 16.9 Å². The van der Waals surface area contributed by atoms with Gasteiger partial charge in [0.05, 0.1) is 22.6 Å². The number of fused-ring (bicyclic) bond motifs is 1. The molecule has 7 nitrogen and oxygen atoms in total. The molecule has 1 aromatic carbocycles. The second kappa shape index (κ2) is 4.42. The summed E-state index contributed by atoms with van der Waals surface area (Å²) in [5, 5.41) is 10.9. The minimum absolute atomic E-state index is 0.0932. The fourth-order valence-corrected chi connectivity index (χ4v) is 2.04. The van der Waals surface area contributed by atoms with E-state index in [1.807, 2.05) is 13.8 Å². The molecule has 0 bridgehead atoms. The number of nitro groups is 1. The number of aryl methyl sites for hydroxylation is 2. The van der Waals surface area contributed by atoms with E-state index in [4.69, 9.17) is 4.74 Å². The van der Waals surface area contributed by atoms with Crippen LogP contribution in [0.3, 0.4) is 0 Å². The number of nitrogens with zero attached hydrogens (tertiary/aromatic N) is 3. The third-order valence-corrected chi connectivity index (χ3v) is 2.88. The molecule has 19 heavy (non-hydrogen) atoms. The maximum Gasteiger partial charge on any atom is 0.328 e. The van der Waals surface area contributed by atoms with Crippen LogP contribution in [0.4, 0.5) is 5.69 Å². The van der Waals surface area contributed by atoms with Gasteiger partial charge in [-0.25, -0.2) is 4.79 Å². The van der Waals surface area contributed by atoms with Crippen molar-refractivity contribution in [3.63, 3.8) is 0 Å². The lowest BCUT2D eigenvalue weighted by molar-refractivity contribution is -0.384. The fraction of sp³-hybridized carbons (Fsp3) is 0.417. The first-order valence-electron chi connectivity index (χ1n) is 5.83. The van der Waals surface area contributed by atoms with Gasteiger partial charge < -0.3 is 4.74 Å². The van der Waals surface area contributed by atoms with Gasteiger partial charge in [0.1, 0.15) is 5.52 Å². The largest absolute Gasteiger partial charge is 0.488 e. The Kier molecular flexibility index (Phi) is 3.05. The van der Waals surface area contributed by atoms with Crippen molar-refractivity contribution in [1.82, 2.24) is 9.13 Å². The molecule has 2 rings (SSSR count). The minimum Gasteiger partial charge on any atom is -0.488 e. The maximum absolute atomic E-state index is 11.9. The lowest BCUT2D eigenvalue weighted by Gasteiger charge is -2.11. The molecule has 7 heteroatoms. The van der Waals surface area contributed by atoms with E-state index in [0.717, 1.165) is 0 Å². The number of nitro benzene ring substituents is 1. The summed E-state index contributed by atoms with van der Waals surface area (Å²) in [6.07, 6.45) is -0.138. The molecule has 0 spiro atoms. The van der Waals surface area contributed by atoms with E-state index in [1.165, 1.54) is 21.3 Å². The molecular formula is C12H15N3O4. The van der Waals surface area contributed by atoms with E-state index in [0.29, 0.717) is 16.8 Å². The van der Waals surface area contributed by atoms with Crippen molar-refractivity contribution < 1.29 is 9.66 Å². The van der Waals surface area contributed by atoms with Gasteiger partial charge in [-0.1, -0.05) is 0 Å². The Hall–Kier alpha value is -2.31. The van der Waals surface area contributed by atoms with Crippen LogP contribution in [0.25, 0.3) is 11.0 Å². The second-order valence-corrected chi connectivity index (χ2v) is 4.64. The highest BCUT2D eigenvalue weighted by Crippen LogP contribution is 2.30. The lowest BCUT2D eigenvalue weighted by Crippen LogP contribution is -2.19. The zero-order valence-corrected chi connectivity index (χ0v) is 11.2. The summed E-state index contributed by atoms with van der Waals surface area (Å²) < 4.78 is 8.39. The van der Waals surface area contributed by atoms with Crippen LogP contribution in [-0.2, 0) is 14.1 Å². The summed E-state index contributed by atoms with van der Waals surface area (Å²) >= 11 is 0. The van der Waals surface area contributed by atoms with Gasteiger partial charge in [0, 0.05) is 20.2 Å². The van der Waals surface area contributed by atoms with Gasteiger partial charge in [-0.15, -0.1) is 0 Å². The fourth-order valence-electron chi connectivity index (χ4n) is 2.04. The Morgan fingerprint density at radius 3 is 2.42 bits per heavy atom. The Labute approximate surface area is 109 Å². The van der Waals surface area contributed by atoms with Crippen molar-refractivity contribution in [2.45, 2.75) is 20.0 Å². The van der Waals surface area contributed by atoms with Gasteiger partial charge in [-0.05, 0) is 13.8 Å². The topological polar surface area (TPSA) is 79.3 Å². The molecule has 1 heterocycles. The number of aromatic nitrogens is 2. The predicted molar refractivity (Wildman–Crippen MR) is 70.6 cm³/mol. The number of hydrogen-bond donors (Lipinski definition) is 0. The average molecular weight is 265 g/mol. The highest BCUT2D eigenvalue weighted by atomic mass is 16.6. The SMILES string of the molecule is CC(C)Oc1cc([N+](=O)[O-])cc2c1n(C)c(=O)n2C. The van der Waals surface area contributed by atoms with Crippen molar-refractivity contribution in [3.8, 4) is 5.75 Å².